The van der Waals surface area contributed by atoms with E-state index >= 15 is 0 Å². The number of carbonyl (C=O) groups is 1. The Morgan fingerprint density at radius 3 is 2.27 bits per heavy atom. The maximum Gasteiger partial charge on any atom is 0.136 e. The van der Waals surface area contributed by atoms with E-state index in [1.165, 1.54) is 25.7 Å². The number of unbranched alkanes of at least 4 members (excludes halogenated alkanes) is 1. The van der Waals surface area contributed by atoms with Gasteiger partial charge in [0.25, 0.3) is 0 Å². The summed E-state index contributed by atoms with van der Waals surface area (Å²) in [5.41, 5.74) is -0.515. The van der Waals surface area contributed by atoms with Gasteiger partial charge >= 0.3 is 0 Å². The number of hydrogen-bond donors (Lipinski definition) is 1. The van der Waals surface area contributed by atoms with E-state index in [1.807, 2.05) is 13.8 Å². The van der Waals surface area contributed by atoms with E-state index < -0.39 is 5.60 Å². The maximum atomic E-state index is 11.8. The Bertz CT molecular complexity index is 305. The molecule has 22 heavy (non-hydrogen) atoms. The summed E-state index contributed by atoms with van der Waals surface area (Å²) in [5, 5.41) is 9.69. The van der Waals surface area contributed by atoms with Crippen molar-refractivity contribution in [3.05, 3.63) is 0 Å². The first-order valence-corrected chi connectivity index (χ1v) is 7.72. The smallest absolute Gasteiger partial charge is 0.136 e. The molecule has 4 radical (unpaired) electrons. The number of rotatable bonds is 5. The predicted octanol–water partition coefficient (Wildman–Crippen LogP) is 3.70. The van der Waals surface area contributed by atoms with E-state index in [4.69, 9.17) is 0 Å². The van der Waals surface area contributed by atoms with Gasteiger partial charge in [-0.3, -0.25) is 4.79 Å². The molecular weight excluding hydrogens is 580 g/mol. The van der Waals surface area contributed by atoms with Crippen molar-refractivity contribution < 1.29 is 141 Å². The van der Waals surface area contributed by atoms with Gasteiger partial charge in [-0.05, 0) is 57.8 Å². The topological polar surface area (TPSA) is 37.3 Å². The van der Waals surface area contributed by atoms with Crippen molar-refractivity contribution in [3.8, 4) is 0 Å². The van der Waals surface area contributed by atoms with Crippen molar-refractivity contribution in [2.75, 3.05) is 0 Å². The molecular formula is C16H28O2Y4. The number of carbonyl (C=O) groups excluding carboxylic acids is 1. The maximum absolute atomic E-state index is 11.8. The molecule has 2 nitrogen and oxygen atoms in total. The Kier molecular flexibility index (Phi) is 21.0. The molecule has 1 N–H and O–H groups in total. The number of fused-ring (bicyclic) bond motifs is 1. The van der Waals surface area contributed by atoms with Crippen LogP contribution in [0.25, 0.3) is 0 Å². The summed E-state index contributed by atoms with van der Waals surface area (Å²) in [6, 6.07) is 0. The zero-order valence-corrected chi connectivity index (χ0v) is 25.6. The van der Waals surface area contributed by atoms with Crippen molar-refractivity contribution in [2.45, 2.75) is 77.2 Å². The van der Waals surface area contributed by atoms with Gasteiger partial charge in [0.2, 0.25) is 0 Å². The van der Waals surface area contributed by atoms with Gasteiger partial charge in [-0.1, -0.05) is 19.3 Å². The summed E-state index contributed by atoms with van der Waals surface area (Å²) in [6.45, 7) is 3.77. The Morgan fingerprint density at radius 2 is 1.68 bits per heavy atom. The Morgan fingerprint density at radius 1 is 1.05 bits per heavy atom. The van der Waals surface area contributed by atoms with E-state index in [-0.39, 0.29) is 131 Å². The first-order chi connectivity index (χ1) is 8.47. The van der Waals surface area contributed by atoms with Gasteiger partial charge in [0, 0.05) is 143 Å². The van der Waals surface area contributed by atoms with Gasteiger partial charge in [0.15, 0.2) is 0 Å². The van der Waals surface area contributed by atoms with Crippen molar-refractivity contribution in [2.24, 2.45) is 17.8 Å². The molecule has 0 aromatic carbocycles. The first-order valence-electron chi connectivity index (χ1n) is 7.72. The molecule has 2 fully saturated rings. The number of Topliss-reactive ketones (excluding diaryl/α,β-unsaturated/α-hetero) is 1. The van der Waals surface area contributed by atoms with Crippen molar-refractivity contribution in [1.29, 1.82) is 0 Å². The summed E-state index contributed by atoms with van der Waals surface area (Å²) in [6.07, 6.45) is 10.2. The van der Waals surface area contributed by atoms with Crippen LogP contribution < -0.4 is 0 Å². The van der Waals surface area contributed by atoms with Crippen molar-refractivity contribution >= 4 is 5.78 Å². The molecule has 2 aliphatic carbocycles. The second kappa shape index (κ2) is 15.0. The Hall–Kier alpha value is 4.05. The largest absolute Gasteiger partial charge is 0.390 e. The van der Waals surface area contributed by atoms with Crippen molar-refractivity contribution in [3.63, 3.8) is 0 Å². The normalized spacial score (nSPS) is 26.7. The van der Waals surface area contributed by atoms with Gasteiger partial charge in [0.1, 0.15) is 5.78 Å². The van der Waals surface area contributed by atoms with Crippen LogP contribution in [0, 0.1) is 17.8 Å². The minimum absolute atomic E-state index is 0. The van der Waals surface area contributed by atoms with Crippen LogP contribution >= 0.6 is 0 Å². The van der Waals surface area contributed by atoms with Crippen LogP contribution in [-0.2, 0) is 136 Å². The van der Waals surface area contributed by atoms with Crippen LogP contribution in [0.5, 0.6) is 0 Å². The average molecular weight is 608 g/mol. The SMILES string of the molecule is CC(C)(O)CCCC[C@H]1CC[C@H]2C(=O)CCC[C@H]12.[Y].[Y].[Y].[Y]. The zero-order chi connectivity index (χ0) is 13.2. The molecule has 0 saturated heterocycles. The van der Waals surface area contributed by atoms with Gasteiger partial charge in [-0.25, -0.2) is 0 Å². The summed E-state index contributed by atoms with van der Waals surface area (Å²) in [7, 11) is 0. The minimum atomic E-state index is -0.515. The third-order valence-corrected chi connectivity index (χ3v) is 4.96. The quantitative estimate of drug-likeness (QED) is 0.484. The number of ketones is 1. The molecule has 0 bridgehead atoms. The molecule has 116 valence electrons. The molecule has 0 spiro atoms. The van der Waals surface area contributed by atoms with E-state index in [1.54, 1.807) is 0 Å². The molecule has 6 heteroatoms. The standard InChI is InChI=1S/C16H28O2.4Y/c1-16(2,18)11-4-3-6-12-9-10-14-13(12)7-5-8-15(14)17;;;;/h12-14,18H,3-11H2,1-2H3;;;;/t12-,13+,14+;;;;/m0..../s1. The Labute approximate surface area is 237 Å². The summed E-state index contributed by atoms with van der Waals surface area (Å²) < 4.78 is 0. The van der Waals surface area contributed by atoms with Gasteiger partial charge in [-0.2, -0.15) is 0 Å². The predicted molar refractivity (Wildman–Crippen MR) is 73.3 cm³/mol. The molecule has 0 aromatic heterocycles. The fraction of sp³-hybridized carbons (Fsp3) is 0.938. The fourth-order valence-corrected chi connectivity index (χ4v) is 4.01. The van der Waals surface area contributed by atoms with Gasteiger partial charge < -0.3 is 5.11 Å². The van der Waals surface area contributed by atoms with Crippen LogP contribution in [0.1, 0.15) is 71.6 Å². The first kappa shape index (κ1) is 30.8. The molecule has 0 unspecified atom stereocenters. The number of hydrogen-bond acceptors (Lipinski definition) is 2. The molecule has 0 aliphatic heterocycles. The fourth-order valence-electron chi connectivity index (χ4n) is 4.01. The zero-order valence-electron chi connectivity index (χ0n) is 14.3. The third kappa shape index (κ3) is 10.4. The molecule has 0 amide bonds. The van der Waals surface area contributed by atoms with Crippen LogP contribution in [-0.4, -0.2) is 16.5 Å². The molecule has 0 aromatic rings. The summed E-state index contributed by atoms with van der Waals surface area (Å²) >= 11 is 0. The van der Waals surface area contributed by atoms with E-state index in [2.05, 4.69) is 0 Å². The molecule has 2 aliphatic rings. The van der Waals surface area contributed by atoms with E-state index in [0.717, 1.165) is 38.0 Å². The van der Waals surface area contributed by atoms with E-state index in [9.17, 15) is 9.90 Å². The number of aliphatic hydroxyl groups is 1. The van der Waals surface area contributed by atoms with E-state index in [0.29, 0.717) is 17.6 Å². The minimum Gasteiger partial charge on any atom is -0.390 e. The summed E-state index contributed by atoms with van der Waals surface area (Å²) in [5.74, 6) is 2.46. The second-order valence-electron chi connectivity index (χ2n) is 7.02. The average Bonchev–Trinajstić information content (AvgIpc) is 2.68. The molecule has 0 heterocycles. The molecule has 2 rings (SSSR count). The van der Waals surface area contributed by atoms with Crippen LogP contribution in [0.4, 0.5) is 0 Å². The Balaban J connectivity index is -0.000000902. The van der Waals surface area contributed by atoms with Crippen LogP contribution in [0.2, 0.25) is 0 Å². The van der Waals surface area contributed by atoms with Gasteiger partial charge in [0.05, 0.1) is 5.60 Å². The molecule has 2 saturated carbocycles. The molecule has 3 atom stereocenters. The van der Waals surface area contributed by atoms with Crippen LogP contribution in [0.3, 0.4) is 0 Å². The van der Waals surface area contributed by atoms with Crippen molar-refractivity contribution in [1.82, 2.24) is 0 Å². The van der Waals surface area contributed by atoms with Crippen LogP contribution in [0.15, 0.2) is 0 Å². The van der Waals surface area contributed by atoms with Gasteiger partial charge in [-0.15, -0.1) is 0 Å². The third-order valence-electron chi connectivity index (χ3n) is 4.96. The second-order valence-corrected chi connectivity index (χ2v) is 7.02. The monoisotopic (exact) mass is 608 g/mol. The summed E-state index contributed by atoms with van der Waals surface area (Å²) in [4.78, 5) is 11.8.